The lowest BCUT2D eigenvalue weighted by molar-refractivity contribution is -0.385. The van der Waals surface area contributed by atoms with Gasteiger partial charge in [-0.05, 0) is 37.6 Å². The molecule has 1 N–H and O–H groups in total. The van der Waals surface area contributed by atoms with Crippen LogP contribution in [0.3, 0.4) is 0 Å². The highest BCUT2D eigenvalue weighted by Gasteiger charge is 2.19. The Morgan fingerprint density at radius 1 is 1.10 bits per heavy atom. The summed E-state index contributed by atoms with van der Waals surface area (Å²) in [5.41, 5.74) is 1.51. The number of sulfonamides is 1. The van der Waals surface area contributed by atoms with Crippen LogP contribution in [0.15, 0.2) is 47.4 Å². The Morgan fingerprint density at radius 3 is 2.43 bits per heavy atom. The van der Waals surface area contributed by atoms with Gasteiger partial charge >= 0.3 is 0 Å². The number of rotatable bonds is 4. The van der Waals surface area contributed by atoms with Crippen LogP contribution in [0.1, 0.15) is 11.1 Å². The summed E-state index contributed by atoms with van der Waals surface area (Å²) >= 11 is 0. The minimum absolute atomic E-state index is 0.138. The highest BCUT2D eigenvalue weighted by Crippen LogP contribution is 2.24. The zero-order valence-electron chi connectivity index (χ0n) is 11.5. The molecule has 0 spiro atoms. The second kappa shape index (κ2) is 5.53. The van der Waals surface area contributed by atoms with Crippen molar-refractivity contribution in [1.82, 2.24) is 0 Å². The monoisotopic (exact) mass is 306 g/mol. The van der Waals surface area contributed by atoms with Crippen LogP contribution in [0.4, 0.5) is 11.4 Å². The fourth-order valence-electron chi connectivity index (χ4n) is 1.88. The lowest BCUT2D eigenvalue weighted by Crippen LogP contribution is -2.13. The van der Waals surface area contributed by atoms with Gasteiger partial charge in [-0.15, -0.1) is 0 Å². The molecule has 0 unspecified atom stereocenters. The third kappa shape index (κ3) is 3.38. The first-order chi connectivity index (χ1) is 9.79. The van der Waals surface area contributed by atoms with E-state index < -0.39 is 14.9 Å². The van der Waals surface area contributed by atoms with Crippen molar-refractivity contribution in [2.75, 3.05) is 4.72 Å². The third-order valence-electron chi connectivity index (χ3n) is 2.96. The SMILES string of the molecule is Cc1cccc(NS(=O)(=O)c2ccc(C)c([N+](=O)[O-])c2)c1. The van der Waals surface area contributed by atoms with Gasteiger partial charge in [0.25, 0.3) is 15.7 Å². The van der Waals surface area contributed by atoms with E-state index >= 15 is 0 Å². The third-order valence-corrected chi connectivity index (χ3v) is 4.34. The maximum atomic E-state index is 12.3. The predicted octanol–water partition coefficient (Wildman–Crippen LogP) is 3.01. The van der Waals surface area contributed by atoms with E-state index in [9.17, 15) is 18.5 Å². The predicted molar refractivity (Wildman–Crippen MR) is 79.8 cm³/mol. The molecule has 0 fully saturated rings. The number of nitrogens with one attached hydrogen (secondary N) is 1. The summed E-state index contributed by atoms with van der Waals surface area (Å²) in [4.78, 5) is 10.2. The van der Waals surface area contributed by atoms with E-state index in [0.717, 1.165) is 11.6 Å². The minimum Gasteiger partial charge on any atom is -0.280 e. The van der Waals surface area contributed by atoms with E-state index in [1.54, 1.807) is 25.1 Å². The molecular weight excluding hydrogens is 292 g/mol. The van der Waals surface area contributed by atoms with Gasteiger partial charge in [0, 0.05) is 17.3 Å². The molecule has 21 heavy (non-hydrogen) atoms. The Bertz CT molecular complexity index is 800. The number of hydrogen-bond acceptors (Lipinski definition) is 4. The van der Waals surface area contributed by atoms with Crippen LogP contribution in [0.2, 0.25) is 0 Å². The molecule has 110 valence electrons. The number of benzene rings is 2. The quantitative estimate of drug-likeness (QED) is 0.694. The fraction of sp³-hybridized carbons (Fsp3) is 0.143. The largest absolute Gasteiger partial charge is 0.280 e. The van der Waals surface area contributed by atoms with Crippen molar-refractivity contribution >= 4 is 21.4 Å². The number of hydrogen-bond donors (Lipinski definition) is 1. The van der Waals surface area contributed by atoms with Gasteiger partial charge in [0.05, 0.1) is 9.82 Å². The normalized spacial score (nSPS) is 11.1. The van der Waals surface area contributed by atoms with Crippen LogP contribution in [0.25, 0.3) is 0 Å². The summed E-state index contributed by atoms with van der Waals surface area (Å²) in [6, 6.07) is 10.7. The van der Waals surface area contributed by atoms with E-state index in [1.165, 1.54) is 12.1 Å². The first-order valence-corrected chi connectivity index (χ1v) is 7.62. The molecule has 0 aliphatic rings. The summed E-state index contributed by atoms with van der Waals surface area (Å²) in [6.45, 7) is 3.40. The van der Waals surface area contributed by atoms with Crippen molar-refractivity contribution in [1.29, 1.82) is 0 Å². The topological polar surface area (TPSA) is 89.3 Å². The van der Waals surface area contributed by atoms with Gasteiger partial charge in [0.1, 0.15) is 0 Å². The van der Waals surface area contributed by atoms with Crippen molar-refractivity contribution in [2.24, 2.45) is 0 Å². The molecule has 2 aromatic carbocycles. The van der Waals surface area contributed by atoms with Crippen molar-refractivity contribution in [3.8, 4) is 0 Å². The van der Waals surface area contributed by atoms with Gasteiger partial charge in [0.15, 0.2) is 0 Å². The van der Waals surface area contributed by atoms with Crippen molar-refractivity contribution < 1.29 is 13.3 Å². The minimum atomic E-state index is -3.86. The molecule has 0 saturated carbocycles. The van der Waals surface area contributed by atoms with Gasteiger partial charge in [-0.2, -0.15) is 0 Å². The Morgan fingerprint density at radius 2 is 1.81 bits per heavy atom. The lowest BCUT2D eigenvalue weighted by Gasteiger charge is -2.09. The maximum Gasteiger partial charge on any atom is 0.273 e. The Hall–Kier alpha value is -2.41. The summed E-state index contributed by atoms with van der Waals surface area (Å²) in [6.07, 6.45) is 0. The van der Waals surface area contributed by atoms with Crippen LogP contribution >= 0.6 is 0 Å². The van der Waals surface area contributed by atoms with E-state index in [1.807, 2.05) is 13.0 Å². The fourth-order valence-corrected chi connectivity index (χ4v) is 2.94. The summed E-state index contributed by atoms with van der Waals surface area (Å²) in [7, 11) is -3.86. The molecule has 0 bridgehead atoms. The smallest absolute Gasteiger partial charge is 0.273 e. The number of nitrogens with zero attached hydrogens (tertiary/aromatic N) is 1. The average molecular weight is 306 g/mol. The zero-order valence-corrected chi connectivity index (χ0v) is 12.3. The molecule has 2 aromatic rings. The van der Waals surface area contributed by atoms with Gasteiger partial charge < -0.3 is 0 Å². The summed E-state index contributed by atoms with van der Waals surface area (Å²) in [5.74, 6) is 0. The number of aryl methyl sites for hydroxylation is 2. The maximum absolute atomic E-state index is 12.3. The van der Waals surface area contributed by atoms with Crippen LogP contribution in [0, 0.1) is 24.0 Å². The second-order valence-corrected chi connectivity index (χ2v) is 6.36. The molecule has 0 amide bonds. The van der Waals surface area contributed by atoms with Crippen molar-refractivity contribution in [3.05, 3.63) is 63.7 Å². The molecule has 0 aliphatic heterocycles. The Balaban J connectivity index is 2.40. The van der Waals surface area contributed by atoms with Crippen molar-refractivity contribution in [2.45, 2.75) is 18.7 Å². The standard InChI is InChI=1S/C14H14N2O4S/c1-10-4-3-5-12(8-10)15-21(19,20)13-7-6-11(2)14(9-13)16(17)18/h3-9,15H,1-2H3. The first kappa shape index (κ1) is 15.0. The number of nitro groups is 1. The molecule has 7 heteroatoms. The average Bonchev–Trinajstić information content (AvgIpc) is 2.38. The first-order valence-electron chi connectivity index (χ1n) is 6.14. The van der Waals surface area contributed by atoms with E-state index in [4.69, 9.17) is 0 Å². The Labute approximate surface area is 122 Å². The molecule has 0 heterocycles. The van der Waals surface area contributed by atoms with Crippen molar-refractivity contribution in [3.63, 3.8) is 0 Å². The highest BCUT2D eigenvalue weighted by molar-refractivity contribution is 7.92. The van der Waals surface area contributed by atoms with Crippen LogP contribution < -0.4 is 4.72 Å². The molecule has 0 radical (unpaired) electrons. The molecule has 2 rings (SSSR count). The molecule has 0 saturated heterocycles. The molecule has 0 atom stereocenters. The van der Waals surface area contributed by atoms with Gasteiger partial charge in [-0.1, -0.05) is 18.2 Å². The summed E-state index contributed by atoms with van der Waals surface area (Å²) in [5, 5.41) is 10.9. The molecular formula is C14H14N2O4S. The van der Waals surface area contributed by atoms with E-state index in [0.29, 0.717) is 11.3 Å². The van der Waals surface area contributed by atoms with E-state index in [2.05, 4.69) is 4.72 Å². The highest BCUT2D eigenvalue weighted by atomic mass is 32.2. The van der Waals surface area contributed by atoms with E-state index in [-0.39, 0.29) is 10.6 Å². The molecule has 6 nitrogen and oxygen atoms in total. The van der Waals surface area contributed by atoms with Crippen LogP contribution in [0.5, 0.6) is 0 Å². The van der Waals surface area contributed by atoms with Gasteiger partial charge in [-0.3, -0.25) is 14.8 Å². The lowest BCUT2D eigenvalue weighted by atomic mass is 10.2. The number of nitro benzene ring substituents is 1. The van der Waals surface area contributed by atoms with Gasteiger partial charge in [-0.25, -0.2) is 8.42 Å². The van der Waals surface area contributed by atoms with Crippen LogP contribution in [-0.2, 0) is 10.0 Å². The Kier molecular flexibility index (Phi) is 3.95. The summed E-state index contributed by atoms with van der Waals surface area (Å²) < 4.78 is 26.9. The second-order valence-electron chi connectivity index (χ2n) is 4.68. The number of anilines is 1. The molecule has 0 aliphatic carbocycles. The molecule has 0 aromatic heterocycles. The zero-order chi connectivity index (χ0) is 15.6. The van der Waals surface area contributed by atoms with Crippen LogP contribution in [-0.4, -0.2) is 13.3 Å². The van der Waals surface area contributed by atoms with Gasteiger partial charge in [0.2, 0.25) is 0 Å².